The van der Waals surface area contributed by atoms with Crippen LogP contribution in [0.3, 0.4) is 0 Å². The van der Waals surface area contributed by atoms with E-state index < -0.39 is 5.92 Å². The van der Waals surface area contributed by atoms with Crippen molar-refractivity contribution in [2.45, 2.75) is 59.3 Å². The Morgan fingerprint density at radius 3 is 2.10 bits per heavy atom. The van der Waals surface area contributed by atoms with Crippen LogP contribution in [0, 0.1) is 23.2 Å². The second-order valence-electron chi connectivity index (χ2n) is 10.3. The van der Waals surface area contributed by atoms with Crippen LogP contribution in [-0.2, 0) is 14.3 Å². The molecule has 0 saturated carbocycles. The smallest absolute Gasteiger partial charge is 0.163 e. The van der Waals surface area contributed by atoms with Crippen LogP contribution in [0.15, 0.2) is 40.9 Å². The van der Waals surface area contributed by atoms with Crippen molar-refractivity contribution in [1.29, 1.82) is 0 Å². The molecule has 0 atom stereocenters. The van der Waals surface area contributed by atoms with Gasteiger partial charge < -0.3 is 9.47 Å². The first-order chi connectivity index (χ1) is 14.5. The zero-order chi connectivity index (χ0) is 22.6. The van der Waals surface area contributed by atoms with Gasteiger partial charge in [0.2, 0.25) is 0 Å². The van der Waals surface area contributed by atoms with Gasteiger partial charge in [0.15, 0.2) is 11.6 Å². The SMILES string of the molecule is C#CCOc1ccc(Cl)cc1C1C2=C(CC(C)(C)CC2=O)OC2=C1C(=O)CC(C)(C)C2. The number of hydrogen-bond donors (Lipinski definition) is 0. The number of benzene rings is 1. The fourth-order valence-corrected chi connectivity index (χ4v) is 5.16. The Labute approximate surface area is 188 Å². The van der Waals surface area contributed by atoms with E-state index in [0.717, 1.165) is 0 Å². The topological polar surface area (TPSA) is 52.6 Å². The Kier molecular flexibility index (Phi) is 5.30. The standard InChI is InChI=1S/C26H27ClO4/c1-6-9-30-19-8-7-15(27)10-16(19)22-23-17(28)11-25(2,3)13-20(23)31-21-14-26(4,5)12-18(29)24(21)22/h1,7-8,10,22H,9,11-14H2,2-5H3. The molecule has 0 bridgehead atoms. The van der Waals surface area contributed by atoms with Crippen molar-refractivity contribution < 1.29 is 19.1 Å². The Morgan fingerprint density at radius 2 is 1.58 bits per heavy atom. The lowest BCUT2D eigenvalue weighted by Gasteiger charge is -2.43. The van der Waals surface area contributed by atoms with Gasteiger partial charge in [-0.1, -0.05) is 45.2 Å². The van der Waals surface area contributed by atoms with Crippen LogP contribution < -0.4 is 4.74 Å². The fraction of sp³-hybridized carbons (Fsp3) is 0.462. The quantitative estimate of drug-likeness (QED) is 0.563. The highest BCUT2D eigenvalue weighted by Gasteiger charge is 2.48. The van der Waals surface area contributed by atoms with E-state index in [-0.39, 0.29) is 29.0 Å². The summed E-state index contributed by atoms with van der Waals surface area (Å²) in [6.45, 7) is 8.33. The second-order valence-corrected chi connectivity index (χ2v) is 10.7. The van der Waals surface area contributed by atoms with Gasteiger partial charge in [0, 0.05) is 47.4 Å². The van der Waals surface area contributed by atoms with E-state index in [0.29, 0.717) is 64.7 Å². The highest BCUT2D eigenvalue weighted by atomic mass is 35.5. The number of ketones is 2. The Morgan fingerprint density at radius 1 is 1.03 bits per heavy atom. The monoisotopic (exact) mass is 438 g/mol. The minimum atomic E-state index is -0.558. The molecule has 31 heavy (non-hydrogen) atoms. The van der Waals surface area contributed by atoms with Crippen molar-refractivity contribution in [3.63, 3.8) is 0 Å². The minimum Gasteiger partial charge on any atom is -0.481 e. The predicted octanol–water partition coefficient (Wildman–Crippen LogP) is 5.75. The minimum absolute atomic E-state index is 0.00306. The van der Waals surface area contributed by atoms with Gasteiger partial charge in [-0.3, -0.25) is 9.59 Å². The number of halogens is 1. The third-order valence-electron chi connectivity index (χ3n) is 6.18. The molecule has 1 aromatic carbocycles. The van der Waals surface area contributed by atoms with Crippen LogP contribution in [0.25, 0.3) is 0 Å². The molecular weight excluding hydrogens is 412 g/mol. The molecule has 0 aromatic heterocycles. The average molecular weight is 439 g/mol. The second kappa shape index (κ2) is 7.57. The van der Waals surface area contributed by atoms with Gasteiger partial charge >= 0.3 is 0 Å². The molecule has 0 radical (unpaired) electrons. The zero-order valence-electron chi connectivity index (χ0n) is 18.4. The van der Waals surface area contributed by atoms with Gasteiger partial charge in [-0.25, -0.2) is 0 Å². The first kappa shape index (κ1) is 21.7. The van der Waals surface area contributed by atoms with Gasteiger partial charge in [0.25, 0.3) is 0 Å². The maximum atomic E-state index is 13.4. The fourth-order valence-electron chi connectivity index (χ4n) is 4.98. The molecule has 5 heteroatoms. The Bertz CT molecular complexity index is 1030. The van der Waals surface area contributed by atoms with Crippen LogP contribution in [0.4, 0.5) is 0 Å². The lowest BCUT2D eigenvalue weighted by atomic mass is 9.65. The largest absolute Gasteiger partial charge is 0.481 e. The maximum Gasteiger partial charge on any atom is 0.163 e. The molecule has 3 aliphatic rings. The van der Waals surface area contributed by atoms with Gasteiger partial charge in [-0.15, -0.1) is 6.42 Å². The van der Waals surface area contributed by atoms with E-state index in [1.807, 2.05) is 0 Å². The van der Waals surface area contributed by atoms with E-state index in [1.165, 1.54) is 0 Å². The maximum absolute atomic E-state index is 13.4. The number of carbonyl (C=O) groups is 2. The molecule has 0 spiro atoms. The summed E-state index contributed by atoms with van der Waals surface area (Å²) in [7, 11) is 0. The summed E-state index contributed by atoms with van der Waals surface area (Å²) in [4.78, 5) is 26.7. The van der Waals surface area contributed by atoms with Crippen molar-refractivity contribution in [1.82, 2.24) is 0 Å². The molecule has 2 aliphatic carbocycles. The van der Waals surface area contributed by atoms with Gasteiger partial charge in [0.1, 0.15) is 23.9 Å². The number of hydrogen-bond acceptors (Lipinski definition) is 4. The first-order valence-corrected chi connectivity index (χ1v) is 11.0. The van der Waals surface area contributed by atoms with Gasteiger partial charge in [-0.2, -0.15) is 0 Å². The molecule has 0 amide bonds. The predicted molar refractivity (Wildman–Crippen MR) is 120 cm³/mol. The Balaban J connectivity index is 1.95. The van der Waals surface area contributed by atoms with Crippen LogP contribution in [-0.4, -0.2) is 18.2 Å². The highest BCUT2D eigenvalue weighted by molar-refractivity contribution is 6.30. The molecule has 1 heterocycles. The summed E-state index contributed by atoms with van der Waals surface area (Å²) in [6, 6.07) is 5.25. The molecule has 0 unspecified atom stereocenters. The van der Waals surface area contributed by atoms with Crippen molar-refractivity contribution in [2.75, 3.05) is 6.61 Å². The van der Waals surface area contributed by atoms with E-state index >= 15 is 0 Å². The zero-order valence-corrected chi connectivity index (χ0v) is 19.2. The van der Waals surface area contributed by atoms with Crippen LogP contribution in [0.1, 0.15) is 64.9 Å². The molecule has 0 fully saturated rings. The van der Waals surface area contributed by atoms with Crippen molar-refractivity contribution in [3.05, 3.63) is 51.4 Å². The summed E-state index contributed by atoms with van der Waals surface area (Å²) >= 11 is 6.35. The summed E-state index contributed by atoms with van der Waals surface area (Å²) in [5.41, 5.74) is 1.39. The third kappa shape index (κ3) is 4.04. The molecule has 4 nitrogen and oxygen atoms in total. The molecule has 162 valence electrons. The number of ether oxygens (including phenoxy) is 2. The van der Waals surface area contributed by atoms with E-state index in [9.17, 15) is 9.59 Å². The molecule has 0 N–H and O–H groups in total. The molecule has 0 saturated heterocycles. The van der Waals surface area contributed by atoms with E-state index in [1.54, 1.807) is 18.2 Å². The van der Waals surface area contributed by atoms with Crippen LogP contribution >= 0.6 is 11.6 Å². The molecule has 1 aromatic rings. The van der Waals surface area contributed by atoms with Crippen LogP contribution in [0.2, 0.25) is 5.02 Å². The summed E-state index contributed by atoms with van der Waals surface area (Å²) in [5, 5.41) is 0.506. The van der Waals surface area contributed by atoms with Gasteiger partial charge in [0.05, 0.1) is 5.92 Å². The Hall–Kier alpha value is -2.51. The third-order valence-corrected chi connectivity index (χ3v) is 6.41. The number of rotatable bonds is 3. The lowest BCUT2D eigenvalue weighted by Crippen LogP contribution is -2.37. The first-order valence-electron chi connectivity index (χ1n) is 10.6. The normalized spacial score (nSPS) is 22.5. The highest BCUT2D eigenvalue weighted by Crippen LogP contribution is 2.54. The summed E-state index contributed by atoms with van der Waals surface area (Å²) in [5.74, 6) is 3.78. The number of terminal acetylenes is 1. The van der Waals surface area contributed by atoms with Crippen molar-refractivity contribution in [3.8, 4) is 18.1 Å². The van der Waals surface area contributed by atoms with Gasteiger partial charge in [-0.05, 0) is 29.0 Å². The molecular formula is C26H27ClO4. The number of Topliss-reactive ketones (excluding diaryl/α,β-unsaturated/α-hetero) is 2. The van der Waals surface area contributed by atoms with E-state index in [2.05, 4.69) is 33.6 Å². The summed E-state index contributed by atoms with van der Waals surface area (Å²) < 4.78 is 12.1. The number of allylic oxidation sites excluding steroid dienone is 4. The van der Waals surface area contributed by atoms with E-state index in [4.69, 9.17) is 27.5 Å². The van der Waals surface area contributed by atoms with Crippen molar-refractivity contribution in [2.24, 2.45) is 10.8 Å². The molecule has 1 aliphatic heterocycles. The molecule has 4 rings (SSSR count). The summed E-state index contributed by atoms with van der Waals surface area (Å²) in [6.07, 6.45) is 7.47. The van der Waals surface area contributed by atoms with Crippen molar-refractivity contribution >= 4 is 23.2 Å². The lowest BCUT2D eigenvalue weighted by molar-refractivity contribution is -0.120. The average Bonchev–Trinajstić information content (AvgIpc) is 2.63. The number of carbonyl (C=O) groups excluding carboxylic acids is 2. The van der Waals surface area contributed by atoms with Crippen LogP contribution in [0.5, 0.6) is 5.75 Å².